The Morgan fingerprint density at radius 3 is 2.46 bits per heavy atom. The average Bonchev–Trinajstić information content (AvgIpc) is 2.63. The van der Waals surface area contributed by atoms with Crippen LogP contribution in [0.5, 0.6) is 0 Å². The van der Waals surface area contributed by atoms with Gasteiger partial charge in [-0.3, -0.25) is 20.2 Å². The van der Waals surface area contributed by atoms with Crippen molar-refractivity contribution < 1.29 is 23.6 Å². The number of carbonyl (C=O) groups is 2. The van der Waals surface area contributed by atoms with Gasteiger partial charge in [-0.2, -0.15) is 0 Å². The molecule has 0 unspecified atom stereocenters. The molecule has 0 aromatic heterocycles. The molecular formula is C17H14FN3O5. The minimum absolute atomic E-state index is 0.0523. The first-order valence-electron chi connectivity index (χ1n) is 7.27. The quantitative estimate of drug-likeness (QED) is 0.482. The Labute approximate surface area is 147 Å². The fourth-order valence-electron chi connectivity index (χ4n) is 1.92. The summed E-state index contributed by atoms with van der Waals surface area (Å²) in [4.78, 5) is 33.1. The van der Waals surface area contributed by atoms with E-state index in [4.69, 9.17) is 0 Å². The van der Waals surface area contributed by atoms with Crippen LogP contribution in [0.25, 0.3) is 6.08 Å². The summed E-state index contributed by atoms with van der Waals surface area (Å²) in [6.07, 6.45) is 1.85. The number of hydrogen-bond donors (Lipinski definition) is 2. The number of ether oxygens (including phenoxy) is 1. The zero-order chi connectivity index (χ0) is 19.1. The summed E-state index contributed by atoms with van der Waals surface area (Å²) in [5.41, 5.74) is 0.659. The third-order valence-electron chi connectivity index (χ3n) is 3.19. The number of halogens is 1. The number of non-ortho nitro benzene ring substituents is 1. The largest absolute Gasteiger partial charge is 0.453 e. The van der Waals surface area contributed by atoms with Gasteiger partial charge in [-0.1, -0.05) is 0 Å². The van der Waals surface area contributed by atoms with Crippen molar-refractivity contribution in [2.75, 3.05) is 17.7 Å². The molecule has 8 nitrogen and oxygen atoms in total. The molecule has 0 aliphatic rings. The second kappa shape index (κ2) is 8.38. The first-order chi connectivity index (χ1) is 12.4. The van der Waals surface area contributed by atoms with E-state index in [-0.39, 0.29) is 17.1 Å². The topological polar surface area (TPSA) is 111 Å². The van der Waals surface area contributed by atoms with E-state index in [9.17, 15) is 24.1 Å². The maximum absolute atomic E-state index is 13.6. The van der Waals surface area contributed by atoms with E-state index in [0.717, 1.165) is 13.2 Å². The molecule has 2 rings (SSSR count). The molecule has 0 heterocycles. The summed E-state index contributed by atoms with van der Waals surface area (Å²) in [5, 5.41) is 15.3. The van der Waals surface area contributed by atoms with Crippen molar-refractivity contribution in [3.05, 3.63) is 70.0 Å². The predicted molar refractivity (Wildman–Crippen MR) is 93.2 cm³/mol. The zero-order valence-corrected chi connectivity index (χ0v) is 13.6. The van der Waals surface area contributed by atoms with E-state index in [2.05, 4.69) is 15.4 Å². The molecule has 0 saturated carbocycles. The summed E-state index contributed by atoms with van der Waals surface area (Å²) in [5.74, 6) is -1.19. The number of nitro groups is 1. The van der Waals surface area contributed by atoms with Crippen molar-refractivity contribution in [3.8, 4) is 0 Å². The molecule has 9 heteroatoms. The fraction of sp³-hybridized carbons (Fsp3) is 0.0588. The smallest absolute Gasteiger partial charge is 0.411 e. The third-order valence-corrected chi connectivity index (χ3v) is 3.19. The molecule has 0 bridgehead atoms. The molecular weight excluding hydrogens is 345 g/mol. The SMILES string of the molecule is COC(=O)Nc1cc(NC(=O)C=Cc2ccc([N+](=O)[O-])cc2)ccc1F. The van der Waals surface area contributed by atoms with Crippen LogP contribution in [0.3, 0.4) is 0 Å². The summed E-state index contributed by atoms with van der Waals surface area (Å²) in [6, 6.07) is 9.29. The average molecular weight is 359 g/mol. The maximum Gasteiger partial charge on any atom is 0.411 e. The molecule has 134 valence electrons. The number of benzene rings is 2. The number of rotatable bonds is 5. The molecule has 0 aliphatic heterocycles. The van der Waals surface area contributed by atoms with Crippen LogP contribution in [0.4, 0.5) is 26.2 Å². The third kappa shape index (κ3) is 5.13. The van der Waals surface area contributed by atoms with Gasteiger partial charge in [-0.05, 0) is 42.0 Å². The van der Waals surface area contributed by atoms with Gasteiger partial charge in [0, 0.05) is 23.9 Å². The molecule has 0 saturated heterocycles. The van der Waals surface area contributed by atoms with E-state index in [1.807, 2.05) is 0 Å². The highest BCUT2D eigenvalue weighted by atomic mass is 19.1. The van der Waals surface area contributed by atoms with Crippen LogP contribution in [-0.4, -0.2) is 24.0 Å². The number of nitro benzene ring substituents is 1. The number of carbonyl (C=O) groups excluding carboxylic acids is 2. The van der Waals surface area contributed by atoms with E-state index in [0.29, 0.717) is 5.56 Å². The lowest BCUT2D eigenvalue weighted by atomic mass is 10.2. The van der Waals surface area contributed by atoms with Crippen molar-refractivity contribution in [1.29, 1.82) is 0 Å². The van der Waals surface area contributed by atoms with Crippen LogP contribution in [0.15, 0.2) is 48.5 Å². The number of hydrogen-bond acceptors (Lipinski definition) is 5. The van der Waals surface area contributed by atoms with E-state index in [1.54, 1.807) is 0 Å². The monoisotopic (exact) mass is 359 g/mol. The van der Waals surface area contributed by atoms with Crippen LogP contribution in [0, 0.1) is 15.9 Å². The number of nitrogens with zero attached hydrogens (tertiary/aromatic N) is 1. The van der Waals surface area contributed by atoms with E-state index < -0.39 is 22.7 Å². The van der Waals surface area contributed by atoms with Gasteiger partial charge in [0.15, 0.2) is 0 Å². The van der Waals surface area contributed by atoms with Crippen molar-refractivity contribution in [2.24, 2.45) is 0 Å². The molecule has 26 heavy (non-hydrogen) atoms. The normalized spacial score (nSPS) is 10.4. The van der Waals surface area contributed by atoms with Crippen LogP contribution in [-0.2, 0) is 9.53 Å². The van der Waals surface area contributed by atoms with Crippen LogP contribution >= 0.6 is 0 Å². The molecule has 0 aliphatic carbocycles. The highest BCUT2D eigenvalue weighted by Crippen LogP contribution is 2.20. The minimum Gasteiger partial charge on any atom is -0.453 e. The Balaban J connectivity index is 2.04. The molecule has 2 aromatic rings. The standard InChI is InChI=1S/C17H14FN3O5/c1-26-17(23)20-15-10-12(5-8-14(15)18)19-16(22)9-4-11-2-6-13(7-3-11)21(24)25/h2-10H,1H3,(H,19,22)(H,20,23). The highest BCUT2D eigenvalue weighted by Gasteiger charge is 2.09. The van der Waals surface area contributed by atoms with Crippen molar-refractivity contribution in [1.82, 2.24) is 0 Å². The van der Waals surface area contributed by atoms with Gasteiger partial charge in [0.25, 0.3) is 5.69 Å². The minimum atomic E-state index is -0.842. The van der Waals surface area contributed by atoms with Crippen molar-refractivity contribution >= 4 is 35.1 Å². The first-order valence-corrected chi connectivity index (χ1v) is 7.27. The molecule has 0 spiro atoms. The maximum atomic E-state index is 13.6. The van der Waals surface area contributed by atoms with Crippen molar-refractivity contribution in [2.45, 2.75) is 0 Å². The van der Waals surface area contributed by atoms with Crippen LogP contribution in [0.1, 0.15) is 5.56 Å². The second-order valence-corrected chi connectivity index (χ2v) is 4.98. The van der Waals surface area contributed by atoms with Crippen LogP contribution < -0.4 is 10.6 Å². The van der Waals surface area contributed by atoms with Gasteiger partial charge in [-0.25, -0.2) is 9.18 Å². The zero-order valence-electron chi connectivity index (χ0n) is 13.6. The Morgan fingerprint density at radius 1 is 1.15 bits per heavy atom. The first kappa shape index (κ1) is 18.6. The number of anilines is 2. The Hall–Kier alpha value is -3.75. The fourth-order valence-corrected chi connectivity index (χ4v) is 1.92. The second-order valence-electron chi connectivity index (χ2n) is 4.98. The Morgan fingerprint density at radius 2 is 1.85 bits per heavy atom. The van der Waals surface area contributed by atoms with E-state index >= 15 is 0 Å². The predicted octanol–water partition coefficient (Wildman–Crippen LogP) is 3.56. The van der Waals surface area contributed by atoms with Gasteiger partial charge in [-0.15, -0.1) is 0 Å². The summed E-state index contributed by atoms with van der Waals surface area (Å²) >= 11 is 0. The van der Waals surface area contributed by atoms with Gasteiger partial charge >= 0.3 is 6.09 Å². The van der Waals surface area contributed by atoms with Gasteiger partial charge < -0.3 is 10.1 Å². The van der Waals surface area contributed by atoms with E-state index in [1.165, 1.54) is 48.6 Å². The number of amides is 2. The molecule has 2 aromatic carbocycles. The van der Waals surface area contributed by atoms with Gasteiger partial charge in [0.05, 0.1) is 17.7 Å². The number of methoxy groups -OCH3 is 1. The van der Waals surface area contributed by atoms with Crippen molar-refractivity contribution in [3.63, 3.8) is 0 Å². The Kier molecular flexibility index (Phi) is 5.99. The molecule has 2 N–H and O–H groups in total. The molecule has 0 radical (unpaired) electrons. The lowest BCUT2D eigenvalue weighted by Gasteiger charge is -2.08. The summed E-state index contributed by atoms with van der Waals surface area (Å²) in [7, 11) is 1.14. The molecule has 2 amide bonds. The van der Waals surface area contributed by atoms with Gasteiger partial charge in [0.1, 0.15) is 5.82 Å². The lowest BCUT2D eigenvalue weighted by Crippen LogP contribution is -2.13. The lowest BCUT2D eigenvalue weighted by molar-refractivity contribution is -0.384. The number of nitrogens with one attached hydrogen (secondary N) is 2. The van der Waals surface area contributed by atoms with Crippen LogP contribution in [0.2, 0.25) is 0 Å². The Bertz CT molecular complexity index is 865. The highest BCUT2D eigenvalue weighted by molar-refractivity contribution is 6.02. The summed E-state index contributed by atoms with van der Waals surface area (Å²) < 4.78 is 18.0. The molecule has 0 atom stereocenters. The molecule has 0 fully saturated rings. The van der Waals surface area contributed by atoms with Gasteiger partial charge in [0.2, 0.25) is 5.91 Å². The summed E-state index contributed by atoms with van der Waals surface area (Å²) in [6.45, 7) is 0.